The highest BCUT2D eigenvalue weighted by molar-refractivity contribution is 7.13. The molecule has 0 aliphatic carbocycles. The Balaban J connectivity index is 1.37. The molecule has 1 atom stereocenters. The van der Waals surface area contributed by atoms with E-state index in [1.807, 2.05) is 53.9 Å². The van der Waals surface area contributed by atoms with Gasteiger partial charge in [0.15, 0.2) is 0 Å². The van der Waals surface area contributed by atoms with Crippen molar-refractivity contribution in [3.05, 3.63) is 107 Å². The summed E-state index contributed by atoms with van der Waals surface area (Å²) in [6, 6.07) is 24.0. The predicted molar refractivity (Wildman–Crippen MR) is 129 cm³/mol. The molecule has 5 rings (SSSR count). The lowest BCUT2D eigenvalue weighted by Crippen LogP contribution is -2.30. The molecule has 0 saturated heterocycles. The minimum atomic E-state index is -0.258. The molecule has 1 unspecified atom stereocenters. The van der Waals surface area contributed by atoms with Crippen LogP contribution in [0, 0.1) is 6.92 Å². The zero-order valence-corrected chi connectivity index (χ0v) is 18.4. The quantitative estimate of drug-likeness (QED) is 0.371. The summed E-state index contributed by atoms with van der Waals surface area (Å²) >= 11 is 1.56. The minimum absolute atomic E-state index is 0.0654. The molecule has 2 N–H and O–H groups in total. The number of thiazole rings is 1. The maximum Gasteiger partial charge on any atom is 0.226 e. The van der Waals surface area contributed by atoms with Crippen LogP contribution in [0.2, 0.25) is 0 Å². The fraction of sp³-hybridized carbons (Fsp3) is 0.115. The first kappa shape index (κ1) is 20.2. The van der Waals surface area contributed by atoms with Crippen LogP contribution in [-0.4, -0.2) is 20.9 Å². The van der Waals surface area contributed by atoms with Crippen LogP contribution >= 0.6 is 11.3 Å². The molecule has 0 aliphatic rings. The molecule has 5 nitrogen and oxygen atoms in total. The first-order valence-corrected chi connectivity index (χ1v) is 11.3. The summed E-state index contributed by atoms with van der Waals surface area (Å²) in [6.45, 7) is 2.06. The van der Waals surface area contributed by atoms with Crippen LogP contribution in [0.15, 0.2) is 84.5 Å². The number of benzene rings is 3. The van der Waals surface area contributed by atoms with Crippen molar-refractivity contribution >= 4 is 28.3 Å². The van der Waals surface area contributed by atoms with Gasteiger partial charge < -0.3 is 10.3 Å². The first-order chi connectivity index (χ1) is 15.7. The molecule has 0 fully saturated rings. The second-order valence-electron chi connectivity index (χ2n) is 7.78. The number of imidazole rings is 1. The largest absolute Gasteiger partial charge is 0.345 e. The number of rotatable bonds is 6. The fourth-order valence-corrected chi connectivity index (χ4v) is 4.56. The number of nitrogens with one attached hydrogen (secondary N) is 2. The molecule has 1 amide bonds. The van der Waals surface area contributed by atoms with Gasteiger partial charge in [0.25, 0.3) is 0 Å². The molecule has 0 radical (unpaired) electrons. The summed E-state index contributed by atoms with van der Waals surface area (Å²) < 4.78 is 0. The number of nitrogens with zero attached hydrogens (tertiary/aromatic N) is 2. The topological polar surface area (TPSA) is 70.7 Å². The minimum Gasteiger partial charge on any atom is -0.345 e. The SMILES string of the molecule is Cc1ccc(-c2nc(CC(=O)NC(c3ccccc3)c3ccc4nc[nH]c4c3)cs2)cc1. The van der Waals surface area contributed by atoms with Crippen molar-refractivity contribution in [1.82, 2.24) is 20.3 Å². The van der Waals surface area contributed by atoms with Crippen LogP contribution in [0.1, 0.15) is 28.4 Å². The van der Waals surface area contributed by atoms with Gasteiger partial charge in [-0.25, -0.2) is 9.97 Å². The van der Waals surface area contributed by atoms with Gasteiger partial charge in [-0.1, -0.05) is 66.2 Å². The van der Waals surface area contributed by atoms with Gasteiger partial charge in [-0.2, -0.15) is 0 Å². The van der Waals surface area contributed by atoms with E-state index in [0.29, 0.717) is 0 Å². The smallest absolute Gasteiger partial charge is 0.226 e. The van der Waals surface area contributed by atoms with Crippen molar-refractivity contribution in [1.29, 1.82) is 0 Å². The highest BCUT2D eigenvalue weighted by Gasteiger charge is 2.19. The second kappa shape index (κ2) is 8.77. The maximum absolute atomic E-state index is 13.0. The zero-order valence-electron chi connectivity index (χ0n) is 17.6. The Morgan fingerprint density at radius 2 is 1.84 bits per heavy atom. The Kier molecular flexibility index (Phi) is 5.52. The van der Waals surface area contributed by atoms with Gasteiger partial charge in [0.05, 0.1) is 35.5 Å². The Morgan fingerprint density at radius 1 is 1.03 bits per heavy atom. The molecular formula is C26H22N4OS. The molecule has 6 heteroatoms. The number of hydrogen-bond donors (Lipinski definition) is 2. The standard InChI is InChI=1S/C26H22N4OS/c1-17-7-9-19(10-8-17)26-29-21(15-32-26)14-24(31)30-25(18-5-3-2-4-6-18)20-11-12-22-23(13-20)28-16-27-22/h2-13,15-16,25H,14H2,1H3,(H,27,28)(H,30,31). The number of aryl methyl sites for hydroxylation is 1. The fourth-order valence-electron chi connectivity index (χ4n) is 3.73. The van der Waals surface area contributed by atoms with E-state index < -0.39 is 0 Å². The van der Waals surface area contributed by atoms with Crippen LogP contribution in [0.5, 0.6) is 0 Å². The van der Waals surface area contributed by atoms with Crippen molar-refractivity contribution in [3.8, 4) is 10.6 Å². The molecule has 2 aromatic heterocycles. The van der Waals surface area contributed by atoms with Gasteiger partial charge in [0, 0.05) is 10.9 Å². The van der Waals surface area contributed by atoms with Gasteiger partial charge in [-0.3, -0.25) is 4.79 Å². The number of aromatic amines is 1. The first-order valence-electron chi connectivity index (χ1n) is 10.4. The third kappa shape index (κ3) is 4.31. The molecule has 32 heavy (non-hydrogen) atoms. The number of H-pyrrole nitrogens is 1. The monoisotopic (exact) mass is 438 g/mol. The summed E-state index contributed by atoms with van der Waals surface area (Å²) in [5.41, 5.74) is 6.93. The normalized spacial score (nSPS) is 12.0. The summed E-state index contributed by atoms with van der Waals surface area (Å²) in [6.07, 6.45) is 1.91. The average Bonchev–Trinajstić information content (AvgIpc) is 3.47. The van der Waals surface area contributed by atoms with Gasteiger partial charge in [0.1, 0.15) is 5.01 Å². The predicted octanol–water partition coefficient (Wildman–Crippen LogP) is 5.44. The molecule has 3 aromatic carbocycles. The lowest BCUT2D eigenvalue weighted by Gasteiger charge is -2.20. The van der Waals surface area contributed by atoms with Gasteiger partial charge in [0.2, 0.25) is 5.91 Å². The van der Waals surface area contributed by atoms with E-state index in [2.05, 4.69) is 51.5 Å². The van der Waals surface area contributed by atoms with Crippen LogP contribution in [-0.2, 0) is 11.2 Å². The van der Waals surface area contributed by atoms with E-state index in [-0.39, 0.29) is 18.4 Å². The maximum atomic E-state index is 13.0. The molecule has 5 aromatic rings. The van der Waals surface area contributed by atoms with Crippen LogP contribution < -0.4 is 5.32 Å². The molecular weight excluding hydrogens is 416 g/mol. The molecule has 0 spiro atoms. The number of fused-ring (bicyclic) bond motifs is 1. The van der Waals surface area contributed by atoms with Crippen LogP contribution in [0.4, 0.5) is 0 Å². The molecule has 0 bridgehead atoms. The van der Waals surface area contributed by atoms with Gasteiger partial charge in [-0.05, 0) is 30.2 Å². The van der Waals surface area contributed by atoms with Gasteiger partial charge >= 0.3 is 0 Å². The van der Waals surface area contributed by atoms with E-state index in [1.165, 1.54) is 5.56 Å². The Hall–Kier alpha value is -3.77. The van der Waals surface area contributed by atoms with Crippen LogP contribution in [0.25, 0.3) is 21.6 Å². The van der Waals surface area contributed by atoms with Crippen molar-refractivity contribution in [2.75, 3.05) is 0 Å². The van der Waals surface area contributed by atoms with Crippen molar-refractivity contribution in [2.24, 2.45) is 0 Å². The summed E-state index contributed by atoms with van der Waals surface area (Å²) in [5.74, 6) is -0.0654. The van der Waals surface area contributed by atoms with E-state index in [9.17, 15) is 4.79 Å². The number of hydrogen-bond acceptors (Lipinski definition) is 4. The number of aromatic nitrogens is 3. The van der Waals surface area contributed by atoms with E-state index >= 15 is 0 Å². The Bertz CT molecular complexity index is 1360. The number of carbonyl (C=O) groups excluding carboxylic acids is 1. The molecule has 158 valence electrons. The van der Waals surface area contributed by atoms with E-state index in [1.54, 1.807) is 17.7 Å². The third-order valence-corrected chi connectivity index (χ3v) is 6.35. The number of amides is 1. The zero-order chi connectivity index (χ0) is 21.9. The summed E-state index contributed by atoms with van der Waals surface area (Å²) in [7, 11) is 0. The number of carbonyl (C=O) groups is 1. The molecule has 0 aliphatic heterocycles. The van der Waals surface area contributed by atoms with E-state index in [0.717, 1.165) is 38.4 Å². The Labute approximate surface area is 190 Å². The highest BCUT2D eigenvalue weighted by Crippen LogP contribution is 2.26. The summed E-state index contributed by atoms with van der Waals surface area (Å²) in [5, 5.41) is 6.09. The average molecular weight is 439 g/mol. The Morgan fingerprint density at radius 3 is 2.66 bits per heavy atom. The van der Waals surface area contributed by atoms with Crippen molar-refractivity contribution < 1.29 is 4.79 Å². The van der Waals surface area contributed by atoms with Crippen LogP contribution in [0.3, 0.4) is 0 Å². The molecule has 0 saturated carbocycles. The van der Waals surface area contributed by atoms with Crippen molar-refractivity contribution in [3.63, 3.8) is 0 Å². The third-order valence-electron chi connectivity index (χ3n) is 5.41. The lowest BCUT2D eigenvalue weighted by molar-refractivity contribution is -0.121. The van der Waals surface area contributed by atoms with Gasteiger partial charge in [-0.15, -0.1) is 11.3 Å². The second-order valence-corrected chi connectivity index (χ2v) is 8.64. The lowest BCUT2D eigenvalue weighted by atomic mass is 9.98. The van der Waals surface area contributed by atoms with Crippen molar-refractivity contribution in [2.45, 2.75) is 19.4 Å². The van der Waals surface area contributed by atoms with E-state index in [4.69, 9.17) is 0 Å². The molecule has 2 heterocycles. The summed E-state index contributed by atoms with van der Waals surface area (Å²) in [4.78, 5) is 25.1. The highest BCUT2D eigenvalue weighted by atomic mass is 32.1.